The minimum Gasteiger partial charge on any atom is -0.489 e. The first-order chi connectivity index (χ1) is 10.2. The molecule has 0 saturated carbocycles. The van der Waals surface area contributed by atoms with Gasteiger partial charge in [0.25, 0.3) is 0 Å². The van der Waals surface area contributed by atoms with E-state index in [1.54, 1.807) is 0 Å². The minimum atomic E-state index is -0.416. The molecule has 1 aromatic rings. The molecule has 3 nitrogen and oxygen atoms in total. The summed E-state index contributed by atoms with van der Waals surface area (Å²) in [5, 5.41) is 10.2. The van der Waals surface area contributed by atoms with E-state index in [0.717, 1.165) is 29.9 Å². The quantitative estimate of drug-likeness (QED) is 0.637. The number of nitrogens with one attached hydrogen (secondary N) is 1. The fraction of sp³-hybridized carbons (Fsp3) is 0.647. The van der Waals surface area contributed by atoms with E-state index >= 15 is 0 Å². The van der Waals surface area contributed by atoms with Crippen LogP contribution >= 0.6 is 15.9 Å². The van der Waals surface area contributed by atoms with Crippen molar-refractivity contribution in [1.82, 2.24) is 0 Å². The van der Waals surface area contributed by atoms with E-state index in [1.165, 1.54) is 30.6 Å². The number of ether oxygens (including phenoxy) is 1. The van der Waals surface area contributed by atoms with E-state index in [1.807, 2.05) is 24.3 Å². The molecule has 21 heavy (non-hydrogen) atoms. The topological polar surface area (TPSA) is 33.9 Å². The maximum atomic E-state index is 10.2. The highest BCUT2D eigenvalue weighted by Gasteiger charge is 2.15. The summed E-state index contributed by atoms with van der Waals surface area (Å²) in [5.74, 6) is 0.792. The molecular weight excluding hydrogens is 330 g/mol. The highest BCUT2D eigenvalue weighted by molar-refractivity contribution is 9.10. The third kappa shape index (κ3) is 7.84. The number of benzene rings is 1. The molecule has 0 aliphatic heterocycles. The van der Waals surface area contributed by atoms with Crippen LogP contribution in [0.2, 0.25) is 0 Å². The Morgan fingerprint density at radius 1 is 1.14 bits per heavy atom. The Morgan fingerprint density at radius 3 is 2.33 bits per heavy atom. The van der Waals surface area contributed by atoms with Crippen molar-refractivity contribution in [3.63, 3.8) is 0 Å². The van der Waals surface area contributed by atoms with Gasteiger partial charge in [-0.2, -0.15) is 0 Å². The first-order valence-electron chi connectivity index (χ1n) is 8.06. The van der Waals surface area contributed by atoms with Gasteiger partial charge in [0.05, 0.1) is 17.6 Å². The van der Waals surface area contributed by atoms with Gasteiger partial charge in [-0.25, -0.2) is 0 Å². The predicted molar refractivity (Wildman–Crippen MR) is 91.0 cm³/mol. The standard InChI is InChI=1S/C17H28BrNO2/c1-3-5-11-19(12-6-4-2)13-15(20)14-21-17-10-8-7-9-16(17)18/h7-10,15,20H,3-6,11-14H2,1-2H3/p+1/t15-/m0/s1. The fourth-order valence-corrected chi connectivity index (χ4v) is 2.72. The van der Waals surface area contributed by atoms with Crippen molar-refractivity contribution >= 4 is 15.9 Å². The lowest BCUT2D eigenvalue weighted by Crippen LogP contribution is -3.13. The van der Waals surface area contributed by atoms with E-state index in [0.29, 0.717) is 6.61 Å². The molecule has 0 heterocycles. The summed E-state index contributed by atoms with van der Waals surface area (Å²) in [5.41, 5.74) is 0. The molecule has 0 bridgehead atoms. The lowest BCUT2D eigenvalue weighted by molar-refractivity contribution is -0.903. The highest BCUT2D eigenvalue weighted by atomic mass is 79.9. The van der Waals surface area contributed by atoms with Crippen LogP contribution < -0.4 is 9.64 Å². The number of unbranched alkanes of at least 4 members (excludes halogenated alkanes) is 2. The molecule has 1 atom stereocenters. The molecule has 0 aliphatic carbocycles. The zero-order chi connectivity index (χ0) is 15.5. The van der Waals surface area contributed by atoms with Crippen LogP contribution in [0.5, 0.6) is 5.75 Å². The molecule has 0 amide bonds. The van der Waals surface area contributed by atoms with Gasteiger partial charge in [-0.05, 0) is 40.9 Å². The van der Waals surface area contributed by atoms with Crippen molar-refractivity contribution in [3.8, 4) is 5.75 Å². The molecule has 0 spiro atoms. The summed E-state index contributed by atoms with van der Waals surface area (Å²) in [7, 11) is 0. The number of aliphatic hydroxyl groups is 1. The molecule has 1 aromatic carbocycles. The zero-order valence-corrected chi connectivity index (χ0v) is 14.9. The zero-order valence-electron chi connectivity index (χ0n) is 13.3. The van der Waals surface area contributed by atoms with E-state index in [-0.39, 0.29) is 0 Å². The number of quaternary nitrogens is 1. The second kappa shape index (κ2) is 11.0. The maximum absolute atomic E-state index is 10.2. The fourth-order valence-electron chi connectivity index (χ4n) is 2.32. The van der Waals surface area contributed by atoms with Crippen molar-refractivity contribution in [2.24, 2.45) is 0 Å². The van der Waals surface area contributed by atoms with Gasteiger partial charge in [0.1, 0.15) is 25.0 Å². The number of hydrogen-bond donors (Lipinski definition) is 2. The Bertz CT molecular complexity index is 379. The molecule has 0 saturated heterocycles. The van der Waals surface area contributed by atoms with Crippen LogP contribution in [-0.2, 0) is 0 Å². The van der Waals surface area contributed by atoms with Gasteiger partial charge in [-0.15, -0.1) is 0 Å². The van der Waals surface area contributed by atoms with Gasteiger partial charge in [0, 0.05) is 0 Å². The van der Waals surface area contributed by atoms with Crippen molar-refractivity contribution in [2.75, 3.05) is 26.2 Å². The normalized spacial score (nSPS) is 12.6. The molecule has 0 aliphatic rings. The number of halogens is 1. The third-order valence-corrected chi connectivity index (χ3v) is 4.22. The number of para-hydroxylation sites is 1. The van der Waals surface area contributed by atoms with Crippen LogP contribution in [0.15, 0.2) is 28.7 Å². The number of aliphatic hydroxyl groups excluding tert-OH is 1. The number of rotatable bonds is 11. The monoisotopic (exact) mass is 358 g/mol. The van der Waals surface area contributed by atoms with Gasteiger partial charge < -0.3 is 14.7 Å². The van der Waals surface area contributed by atoms with Gasteiger partial charge >= 0.3 is 0 Å². The summed E-state index contributed by atoms with van der Waals surface area (Å²) in [6, 6.07) is 7.75. The lowest BCUT2D eigenvalue weighted by atomic mass is 10.2. The smallest absolute Gasteiger partial charge is 0.137 e. The first kappa shape index (κ1) is 18.5. The molecule has 0 fully saturated rings. The molecule has 0 aromatic heterocycles. The largest absolute Gasteiger partial charge is 0.489 e. The molecule has 0 radical (unpaired) electrons. The SMILES string of the molecule is CCCC[NH+](CCCC)C[C@H](O)COc1ccccc1Br. The molecule has 1 rings (SSSR count). The average Bonchev–Trinajstić information content (AvgIpc) is 2.49. The maximum Gasteiger partial charge on any atom is 0.137 e. The van der Waals surface area contributed by atoms with Crippen LogP contribution in [-0.4, -0.2) is 37.5 Å². The van der Waals surface area contributed by atoms with E-state index in [2.05, 4.69) is 29.8 Å². The van der Waals surface area contributed by atoms with Crippen LogP contribution in [0, 0.1) is 0 Å². The number of hydrogen-bond acceptors (Lipinski definition) is 2. The van der Waals surface area contributed by atoms with E-state index in [9.17, 15) is 5.11 Å². The Morgan fingerprint density at radius 2 is 1.76 bits per heavy atom. The van der Waals surface area contributed by atoms with Crippen molar-refractivity contribution < 1.29 is 14.7 Å². The molecule has 2 N–H and O–H groups in total. The average molecular weight is 359 g/mol. The Balaban J connectivity index is 2.38. The van der Waals surface area contributed by atoms with Crippen molar-refractivity contribution in [2.45, 2.75) is 45.6 Å². The summed E-state index contributed by atoms with van der Waals surface area (Å²) < 4.78 is 6.63. The van der Waals surface area contributed by atoms with Gasteiger partial charge in [-0.1, -0.05) is 38.8 Å². The van der Waals surface area contributed by atoms with Crippen LogP contribution in [0.4, 0.5) is 0 Å². The molecule has 120 valence electrons. The predicted octanol–water partition coefficient (Wildman–Crippen LogP) is 2.67. The molecular formula is C17H29BrNO2+. The van der Waals surface area contributed by atoms with Crippen LogP contribution in [0.3, 0.4) is 0 Å². The Labute approximate surface area is 137 Å². The minimum absolute atomic E-state index is 0.352. The molecule has 4 heteroatoms. The Hall–Kier alpha value is -0.580. The van der Waals surface area contributed by atoms with E-state index < -0.39 is 6.10 Å². The Kier molecular flexibility index (Phi) is 9.72. The highest BCUT2D eigenvalue weighted by Crippen LogP contribution is 2.23. The van der Waals surface area contributed by atoms with Crippen molar-refractivity contribution in [1.29, 1.82) is 0 Å². The first-order valence-corrected chi connectivity index (χ1v) is 8.85. The van der Waals surface area contributed by atoms with Gasteiger partial charge in [0.15, 0.2) is 0 Å². The summed E-state index contributed by atoms with van der Waals surface area (Å²) in [6.07, 6.45) is 4.44. The summed E-state index contributed by atoms with van der Waals surface area (Å²) in [4.78, 5) is 1.49. The second-order valence-corrected chi connectivity index (χ2v) is 6.41. The third-order valence-electron chi connectivity index (χ3n) is 3.56. The summed E-state index contributed by atoms with van der Waals surface area (Å²) >= 11 is 3.45. The van der Waals surface area contributed by atoms with E-state index in [4.69, 9.17) is 4.74 Å². The van der Waals surface area contributed by atoms with Gasteiger partial charge in [-0.3, -0.25) is 0 Å². The van der Waals surface area contributed by atoms with Gasteiger partial charge in [0.2, 0.25) is 0 Å². The van der Waals surface area contributed by atoms with Crippen molar-refractivity contribution in [3.05, 3.63) is 28.7 Å². The second-order valence-electron chi connectivity index (χ2n) is 5.56. The van der Waals surface area contributed by atoms with Crippen LogP contribution in [0.1, 0.15) is 39.5 Å². The summed E-state index contributed by atoms with van der Waals surface area (Å²) in [6.45, 7) is 7.83. The molecule has 0 unspecified atom stereocenters. The lowest BCUT2D eigenvalue weighted by Gasteiger charge is -2.22. The van der Waals surface area contributed by atoms with Crippen LogP contribution in [0.25, 0.3) is 0 Å².